The molecule has 0 spiro atoms. The van der Waals surface area contributed by atoms with Gasteiger partial charge in [0.2, 0.25) is 0 Å². The van der Waals surface area contributed by atoms with Crippen LogP contribution in [0.2, 0.25) is 0 Å². The lowest BCUT2D eigenvalue weighted by molar-refractivity contribution is 0.459. The highest BCUT2D eigenvalue weighted by Crippen LogP contribution is 2.74. The number of anilines is 12. The molecular weight excluding hydrogens is 1040 g/mol. The molecule has 78 heavy (non-hydrogen) atoms. The number of para-hydroxylation sites is 6. The first-order valence-electron chi connectivity index (χ1n) is 25.8. The Balaban J connectivity index is 1.02. The summed E-state index contributed by atoms with van der Waals surface area (Å²) >= 11 is 15.3. The molecule has 0 bridgehead atoms. The van der Waals surface area contributed by atoms with Gasteiger partial charge in [-0.25, -0.2) is 0 Å². The molecule has 2 unspecified atom stereocenters. The second kappa shape index (κ2) is 16.3. The van der Waals surface area contributed by atoms with Gasteiger partial charge in [0.25, 0.3) is 0 Å². The Labute approximate surface area is 460 Å². The molecule has 0 saturated heterocycles. The van der Waals surface area contributed by atoms with Crippen molar-refractivity contribution in [1.82, 2.24) is 0 Å². The summed E-state index contributed by atoms with van der Waals surface area (Å²) in [6, 6.07) is 77.6. The molecule has 0 N–H and O–H groups in total. The van der Waals surface area contributed by atoms with Crippen LogP contribution in [0, 0.1) is 0 Å². The predicted molar refractivity (Wildman–Crippen MR) is 325 cm³/mol. The minimum absolute atomic E-state index is 0.645. The van der Waals surface area contributed by atoms with Crippen LogP contribution in [0.1, 0.15) is 0 Å². The first kappa shape index (κ1) is 44.3. The number of rotatable bonds is 8. The Morgan fingerprint density at radius 1 is 0.282 bits per heavy atom. The van der Waals surface area contributed by atoms with Crippen molar-refractivity contribution in [2.75, 3.05) is 19.6 Å². The van der Waals surface area contributed by atoms with E-state index in [4.69, 9.17) is 42.6 Å². The van der Waals surface area contributed by atoms with Crippen LogP contribution < -0.4 is 70.4 Å². The van der Waals surface area contributed by atoms with E-state index in [0.29, 0.717) is 34.5 Å². The highest BCUT2D eigenvalue weighted by atomic mass is 32.4. The molecule has 2 atom stereocenters. The van der Waals surface area contributed by atoms with Gasteiger partial charge >= 0.3 is 0 Å². The molecule has 8 nitrogen and oxygen atoms in total. The summed E-state index contributed by atoms with van der Waals surface area (Å²) in [6.07, 6.45) is 0. The summed E-state index contributed by atoms with van der Waals surface area (Å²) in [4.78, 5) is 9.15. The van der Waals surface area contributed by atoms with Crippen LogP contribution in [0.15, 0.2) is 243 Å². The summed E-state index contributed by atoms with van der Waals surface area (Å²) < 4.78 is 30.3. The van der Waals surface area contributed by atoms with Gasteiger partial charge in [0.05, 0.1) is 66.7 Å². The van der Waals surface area contributed by atoms with Crippen molar-refractivity contribution in [3.8, 4) is 46.0 Å². The average molecular weight is 1080 g/mol. The van der Waals surface area contributed by atoms with Crippen LogP contribution in [0.3, 0.4) is 0 Å². The number of hydrogen-bond donors (Lipinski definition) is 0. The maximum atomic E-state index is 7.89. The number of hydrogen-bond acceptors (Lipinski definition) is 10. The van der Waals surface area contributed by atoms with Gasteiger partial charge in [-0.15, -0.1) is 0 Å². The average Bonchev–Trinajstić information content (AvgIpc) is 2.05. The molecule has 0 saturated carbocycles. The van der Waals surface area contributed by atoms with Crippen molar-refractivity contribution < 1.29 is 18.9 Å². The summed E-state index contributed by atoms with van der Waals surface area (Å²) in [5, 5.41) is 5.48. The normalized spacial score (nSPS) is 17.3. The minimum atomic E-state index is -3.17. The first-order valence-corrected chi connectivity index (χ1v) is 31.4. The SMILES string of the molecule is S=P12c3c4cc(N(c5ccccc5)c5ccccc5)cc3Oc3c5c6c(c(c31)N(c1ccccc1)c1cccc(c12)O4)Oc1cc(N(c2ccccc2)c2ccccc2)cc2c1P6(=S)c1c(cccc1N5c1ccccc1)O2. The third kappa shape index (κ3) is 5.89. The Kier molecular flexibility index (Phi) is 9.26. The van der Waals surface area contributed by atoms with Crippen molar-refractivity contribution in [3.63, 3.8) is 0 Å². The highest BCUT2D eigenvalue weighted by molar-refractivity contribution is 8.27. The van der Waals surface area contributed by atoms with Crippen molar-refractivity contribution >= 4 is 136 Å². The third-order valence-electron chi connectivity index (χ3n) is 15.6. The molecule has 0 aromatic heterocycles. The van der Waals surface area contributed by atoms with E-state index in [9.17, 15) is 0 Å². The zero-order chi connectivity index (χ0) is 51.4. The van der Waals surface area contributed by atoms with E-state index in [0.717, 1.165) is 112 Å². The summed E-state index contributed by atoms with van der Waals surface area (Å²) in [6.45, 7) is 0. The quantitative estimate of drug-likeness (QED) is 0.138. The maximum absolute atomic E-state index is 7.89. The van der Waals surface area contributed by atoms with E-state index in [-0.39, 0.29) is 0 Å². The molecule has 12 heteroatoms. The van der Waals surface area contributed by atoms with Crippen molar-refractivity contribution in [2.24, 2.45) is 0 Å². The number of fused-ring (bicyclic) bond motifs is 2. The minimum Gasteiger partial charge on any atom is -0.456 e. The van der Waals surface area contributed by atoms with E-state index < -0.39 is 12.1 Å². The molecule has 0 fully saturated rings. The van der Waals surface area contributed by atoms with Gasteiger partial charge in [0.1, 0.15) is 45.9 Å². The largest absolute Gasteiger partial charge is 0.456 e. The fraction of sp³-hybridized carbons (Fsp3) is 0. The molecule has 6 aliphatic rings. The first-order chi connectivity index (χ1) is 38.5. The molecular formula is C66H40N4O4P2S2. The summed E-state index contributed by atoms with van der Waals surface area (Å²) in [7, 11) is 0. The lowest BCUT2D eigenvalue weighted by Crippen LogP contribution is -2.48. The van der Waals surface area contributed by atoms with Gasteiger partial charge < -0.3 is 38.5 Å². The van der Waals surface area contributed by atoms with Crippen LogP contribution in [-0.2, 0) is 23.6 Å². The lowest BCUT2D eigenvalue weighted by Gasteiger charge is -2.51. The molecule has 370 valence electrons. The van der Waals surface area contributed by atoms with Crippen molar-refractivity contribution in [3.05, 3.63) is 243 Å². The van der Waals surface area contributed by atoms with Crippen LogP contribution in [0.25, 0.3) is 0 Å². The van der Waals surface area contributed by atoms with Gasteiger partial charge in [-0.3, -0.25) is 0 Å². The van der Waals surface area contributed by atoms with E-state index in [1.165, 1.54) is 0 Å². The molecule has 17 rings (SSSR count). The van der Waals surface area contributed by atoms with Gasteiger partial charge in [0.15, 0.2) is 11.5 Å². The van der Waals surface area contributed by atoms with Gasteiger partial charge in [-0.05, 0) is 97.1 Å². The molecule has 6 heterocycles. The Bertz CT molecular complexity index is 4110. The molecule has 0 amide bonds. The monoisotopic (exact) mass is 1080 g/mol. The van der Waals surface area contributed by atoms with Crippen molar-refractivity contribution in [1.29, 1.82) is 0 Å². The number of nitrogens with zero attached hydrogens (tertiary/aromatic N) is 4. The Morgan fingerprint density at radius 2 is 0.590 bits per heavy atom. The standard InChI is InChI=1S/C66H40N4O4P2S2/c77-75-61-49-33-19-35-51(61)71-53-37-47(67(41-21-7-1-8-22-41)42-23-9-2-10-24-42)39-55(63(53)75)73-59-57-66-60(58(65(59)75)70(49)46-31-17-6-18-32-46)74-56-40-48(68(43-25-11-3-12-26-43)44-27-13-4-14-28-44)38-54-64(56)76(66,78)62-50(34-20-36-52(62)72-54)69(57)45-29-15-5-16-30-45/h1-40H. The molecule has 0 aliphatic carbocycles. The topological polar surface area (TPSA) is 49.9 Å². The Morgan fingerprint density at radius 3 is 0.923 bits per heavy atom. The van der Waals surface area contributed by atoms with Gasteiger partial charge in [0, 0.05) is 58.4 Å². The van der Waals surface area contributed by atoms with E-state index in [1.807, 2.05) is 36.4 Å². The number of benzene rings is 11. The lowest BCUT2D eigenvalue weighted by atomic mass is 10.1. The fourth-order valence-corrected chi connectivity index (χ4v) is 22.6. The van der Waals surface area contributed by atoms with Crippen molar-refractivity contribution in [2.45, 2.75) is 0 Å². The second-order valence-electron chi connectivity index (χ2n) is 19.9. The van der Waals surface area contributed by atoms with Crippen LogP contribution in [0.5, 0.6) is 46.0 Å². The summed E-state index contributed by atoms with van der Waals surface area (Å²) in [5.41, 5.74) is 11.1. The van der Waals surface area contributed by atoms with E-state index >= 15 is 0 Å². The zero-order valence-electron chi connectivity index (χ0n) is 41.2. The van der Waals surface area contributed by atoms with E-state index in [1.54, 1.807) is 0 Å². The summed E-state index contributed by atoms with van der Waals surface area (Å²) in [5.74, 6) is 5.39. The third-order valence-corrected chi connectivity index (χ3v) is 25.3. The van der Waals surface area contributed by atoms with Gasteiger partial charge in [-0.2, -0.15) is 0 Å². The maximum Gasteiger partial charge on any atom is 0.163 e. The second-order valence-corrected chi connectivity index (χ2v) is 28.3. The van der Waals surface area contributed by atoms with Crippen LogP contribution in [-0.4, -0.2) is 0 Å². The zero-order valence-corrected chi connectivity index (χ0v) is 44.6. The van der Waals surface area contributed by atoms with Crippen LogP contribution >= 0.6 is 12.1 Å². The highest BCUT2D eigenvalue weighted by Gasteiger charge is 2.58. The number of ether oxygens (including phenoxy) is 4. The Hall–Kier alpha value is -8.88. The molecule has 0 radical (unpaired) electrons. The molecule has 11 aromatic rings. The smallest absolute Gasteiger partial charge is 0.163 e. The van der Waals surface area contributed by atoms with Gasteiger partial charge in [-0.1, -0.05) is 145 Å². The predicted octanol–water partition coefficient (Wildman–Crippen LogP) is 16.1. The van der Waals surface area contributed by atoms with Crippen LogP contribution in [0.4, 0.5) is 68.2 Å². The fourth-order valence-electron chi connectivity index (χ4n) is 12.6. The van der Waals surface area contributed by atoms with E-state index in [2.05, 4.69) is 226 Å². The molecule has 11 aromatic carbocycles. The molecule has 6 aliphatic heterocycles.